The highest BCUT2D eigenvalue weighted by atomic mass is 35.5. The van der Waals surface area contributed by atoms with Crippen molar-refractivity contribution >= 4 is 46.5 Å². The minimum absolute atomic E-state index is 0.173. The van der Waals surface area contributed by atoms with Crippen molar-refractivity contribution in [3.05, 3.63) is 69.6 Å². The Labute approximate surface area is 202 Å². The standard InChI is InChI=1S/C25H25ClN2O4S/c1-17-10-12-27(13-11-17)23(29)15-28-24(30)22(33-25(28)31)14-18-4-8-21(9-5-18)32-16-19-2-6-20(26)7-3-19/h2-9,14,17H,10-13,15-16H2,1H3. The predicted octanol–water partition coefficient (Wildman–Crippen LogP) is 5.21. The molecule has 0 N–H and O–H groups in total. The summed E-state index contributed by atoms with van der Waals surface area (Å²) >= 11 is 6.76. The molecule has 8 heteroatoms. The number of halogens is 1. The zero-order chi connectivity index (χ0) is 23.4. The molecule has 2 aromatic carbocycles. The van der Waals surface area contributed by atoms with Crippen LogP contribution in [0, 0.1) is 5.92 Å². The van der Waals surface area contributed by atoms with E-state index in [1.54, 1.807) is 11.0 Å². The van der Waals surface area contributed by atoms with E-state index in [4.69, 9.17) is 16.3 Å². The number of carbonyl (C=O) groups excluding carboxylic acids is 3. The molecule has 2 aliphatic heterocycles. The predicted molar refractivity (Wildman–Crippen MR) is 130 cm³/mol. The Morgan fingerprint density at radius 3 is 2.42 bits per heavy atom. The van der Waals surface area contributed by atoms with Crippen LogP contribution in [-0.2, 0) is 16.2 Å². The van der Waals surface area contributed by atoms with Crippen molar-refractivity contribution < 1.29 is 19.1 Å². The quantitative estimate of drug-likeness (QED) is 0.526. The number of imide groups is 1. The summed E-state index contributed by atoms with van der Waals surface area (Å²) in [5.41, 5.74) is 1.78. The molecule has 0 bridgehead atoms. The van der Waals surface area contributed by atoms with Gasteiger partial charge in [-0.05, 0) is 72.0 Å². The van der Waals surface area contributed by atoms with E-state index < -0.39 is 11.1 Å². The molecule has 6 nitrogen and oxygen atoms in total. The van der Waals surface area contributed by atoms with Crippen molar-refractivity contribution in [1.82, 2.24) is 9.80 Å². The second kappa shape index (κ2) is 10.4. The summed E-state index contributed by atoms with van der Waals surface area (Å²) in [5.74, 6) is 0.694. The summed E-state index contributed by atoms with van der Waals surface area (Å²) in [6.07, 6.45) is 3.57. The summed E-state index contributed by atoms with van der Waals surface area (Å²) < 4.78 is 5.78. The van der Waals surface area contributed by atoms with Gasteiger partial charge in [-0.15, -0.1) is 0 Å². The third-order valence-electron chi connectivity index (χ3n) is 5.80. The van der Waals surface area contributed by atoms with E-state index in [-0.39, 0.29) is 12.5 Å². The number of thioether (sulfide) groups is 1. The summed E-state index contributed by atoms with van der Waals surface area (Å²) in [7, 11) is 0. The van der Waals surface area contributed by atoms with Gasteiger partial charge in [0.15, 0.2) is 0 Å². The summed E-state index contributed by atoms with van der Waals surface area (Å²) in [5, 5.41) is 0.269. The zero-order valence-corrected chi connectivity index (χ0v) is 19.9. The van der Waals surface area contributed by atoms with Crippen molar-refractivity contribution in [3.63, 3.8) is 0 Å². The van der Waals surface area contributed by atoms with Gasteiger partial charge in [0, 0.05) is 18.1 Å². The lowest BCUT2D eigenvalue weighted by molar-refractivity contribution is -0.136. The first-order valence-electron chi connectivity index (χ1n) is 10.9. The summed E-state index contributed by atoms with van der Waals surface area (Å²) in [4.78, 5) is 40.8. The fraction of sp³-hybridized carbons (Fsp3) is 0.320. The van der Waals surface area contributed by atoms with Gasteiger partial charge in [-0.25, -0.2) is 0 Å². The van der Waals surface area contributed by atoms with Gasteiger partial charge in [-0.1, -0.05) is 42.8 Å². The lowest BCUT2D eigenvalue weighted by Gasteiger charge is -2.31. The van der Waals surface area contributed by atoms with Gasteiger partial charge >= 0.3 is 0 Å². The van der Waals surface area contributed by atoms with Crippen LogP contribution < -0.4 is 4.74 Å². The van der Waals surface area contributed by atoms with Gasteiger partial charge in [0.2, 0.25) is 5.91 Å². The van der Waals surface area contributed by atoms with E-state index in [0.717, 1.165) is 40.6 Å². The van der Waals surface area contributed by atoms with Crippen molar-refractivity contribution in [3.8, 4) is 5.75 Å². The Kier molecular flexibility index (Phi) is 7.40. The van der Waals surface area contributed by atoms with Crippen molar-refractivity contribution in [1.29, 1.82) is 0 Å². The smallest absolute Gasteiger partial charge is 0.294 e. The van der Waals surface area contributed by atoms with Crippen molar-refractivity contribution in [2.75, 3.05) is 19.6 Å². The third kappa shape index (κ3) is 5.97. The van der Waals surface area contributed by atoms with Crippen LogP contribution in [0.3, 0.4) is 0 Å². The van der Waals surface area contributed by atoms with Crippen LogP contribution in [0.4, 0.5) is 4.79 Å². The Morgan fingerprint density at radius 2 is 1.76 bits per heavy atom. The van der Waals surface area contributed by atoms with E-state index in [0.29, 0.717) is 41.3 Å². The average Bonchev–Trinajstić information content (AvgIpc) is 3.07. The molecule has 4 rings (SSSR count). The molecule has 0 aliphatic carbocycles. The molecule has 2 heterocycles. The number of ether oxygens (including phenoxy) is 1. The van der Waals surface area contributed by atoms with Crippen LogP contribution in [0.5, 0.6) is 5.75 Å². The van der Waals surface area contributed by atoms with E-state index in [1.807, 2.05) is 48.5 Å². The maximum absolute atomic E-state index is 12.8. The van der Waals surface area contributed by atoms with E-state index in [2.05, 4.69) is 6.92 Å². The normalized spacial score (nSPS) is 18.3. The summed E-state index contributed by atoms with van der Waals surface area (Å²) in [6, 6.07) is 14.7. The highest BCUT2D eigenvalue weighted by molar-refractivity contribution is 8.18. The molecule has 2 fully saturated rings. The van der Waals surface area contributed by atoms with E-state index in [1.165, 1.54) is 0 Å². The first-order valence-corrected chi connectivity index (χ1v) is 12.1. The van der Waals surface area contributed by atoms with Crippen molar-refractivity contribution in [2.45, 2.75) is 26.4 Å². The number of hydrogen-bond donors (Lipinski definition) is 0. The molecule has 0 atom stereocenters. The monoisotopic (exact) mass is 484 g/mol. The Morgan fingerprint density at radius 1 is 1.09 bits per heavy atom. The van der Waals surface area contributed by atoms with Crippen LogP contribution in [0.15, 0.2) is 53.4 Å². The van der Waals surface area contributed by atoms with E-state index >= 15 is 0 Å². The number of carbonyl (C=O) groups is 3. The maximum atomic E-state index is 12.8. The number of rotatable bonds is 6. The SMILES string of the molecule is CC1CCN(C(=O)CN2C(=O)SC(=Cc3ccc(OCc4ccc(Cl)cc4)cc3)C2=O)CC1. The fourth-order valence-corrected chi connectivity index (χ4v) is 4.65. The van der Waals surface area contributed by atoms with Gasteiger partial charge in [0.1, 0.15) is 18.9 Å². The van der Waals surface area contributed by atoms with E-state index in [9.17, 15) is 14.4 Å². The number of benzene rings is 2. The van der Waals surface area contributed by atoms with Crippen LogP contribution in [0.25, 0.3) is 6.08 Å². The molecule has 0 unspecified atom stereocenters. The lowest BCUT2D eigenvalue weighted by Crippen LogP contribution is -2.45. The maximum Gasteiger partial charge on any atom is 0.294 e. The number of hydrogen-bond acceptors (Lipinski definition) is 5. The van der Waals surface area contributed by atoms with Gasteiger partial charge in [-0.2, -0.15) is 0 Å². The van der Waals surface area contributed by atoms with Crippen LogP contribution >= 0.6 is 23.4 Å². The highest BCUT2D eigenvalue weighted by Crippen LogP contribution is 2.32. The number of nitrogens with zero attached hydrogens (tertiary/aromatic N) is 2. The molecule has 0 saturated carbocycles. The number of piperidine rings is 1. The van der Waals surface area contributed by atoms with Crippen LogP contribution in [0.2, 0.25) is 5.02 Å². The molecule has 2 aliphatic rings. The Bertz CT molecular complexity index is 1060. The second-order valence-electron chi connectivity index (χ2n) is 8.32. The number of amides is 3. The zero-order valence-electron chi connectivity index (χ0n) is 18.3. The van der Waals surface area contributed by atoms with Crippen LogP contribution in [0.1, 0.15) is 30.9 Å². The third-order valence-corrected chi connectivity index (χ3v) is 6.96. The molecule has 3 amide bonds. The minimum atomic E-state index is -0.424. The molecule has 0 spiro atoms. The second-order valence-corrected chi connectivity index (χ2v) is 9.74. The molecular weight excluding hydrogens is 460 g/mol. The fourth-order valence-electron chi connectivity index (χ4n) is 3.69. The van der Waals surface area contributed by atoms with Gasteiger partial charge in [0.05, 0.1) is 4.91 Å². The highest BCUT2D eigenvalue weighted by Gasteiger charge is 2.37. The molecule has 2 saturated heterocycles. The minimum Gasteiger partial charge on any atom is -0.489 e. The van der Waals surface area contributed by atoms with Gasteiger partial charge in [-0.3, -0.25) is 19.3 Å². The first-order chi connectivity index (χ1) is 15.9. The van der Waals surface area contributed by atoms with Gasteiger partial charge in [0.25, 0.3) is 11.1 Å². The molecule has 0 radical (unpaired) electrons. The molecule has 2 aromatic rings. The number of likely N-dealkylation sites (tertiary alicyclic amines) is 1. The van der Waals surface area contributed by atoms with Crippen LogP contribution in [-0.4, -0.2) is 46.5 Å². The average molecular weight is 485 g/mol. The molecule has 0 aromatic heterocycles. The lowest BCUT2D eigenvalue weighted by atomic mass is 9.99. The van der Waals surface area contributed by atoms with Crippen molar-refractivity contribution in [2.24, 2.45) is 5.92 Å². The summed E-state index contributed by atoms with van der Waals surface area (Å²) in [6.45, 7) is 3.74. The Hall–Kier alpha value is -2.77. The van der Waals surface area contributed by atoms with Gasteiger partial charge < -0.3 is 9.64 Å². The topological polar surface area (TPSA) is 66.9 Å². The Balaban J connectivity index is 1.34. The first kappa shape index (κ1) is 23.4. The molecule has 33 heavy (non-hydrogen) atoms. The molecule has 172 valence electrons. The molecular formula is C25H25ClN2O4S. The largest absolute Gasteiger partial charge is 0.489 e.